The van der Waals surface area contributed by atoms with Crippen LogP contribution in [0.3, 0.4) is 0 Å². The summed E-state index contributed by atoms with van der Waals surface area (Å²) in [5.74, 6) is 1.56. The molecule has 1 aliphatic heterocycles. The Morgan fingerprint density at radius 3 is 2.80 bits per heavy atom. The van der Waals surface area contributed by atoms with Gasteiger partial charge in [0.15, 0.2) is 17.4 Å². The molecule has 1 aliphatic rings. The minimum atomic E-state index is -4.79. The van der Waals surface area contributed by atoms with Crippen LogP contribution in [0.25, 0.3) is 17.0 Å². The molecular weight excluding hydrogens is 463 g/mol. The van der Waals surface area contributed by atoms with E-state index in [1.807, 2.05) is 19.0 Å². The van der Waals surface area contributed by atoms with E-state index in [1.165, 1.54) is 18.2 Å². The second kappa shape index (κ2) is 10.5. The maximum Gasteiger partial charge on any atom is 0.573 e. The molecule has 0 saturated heterocycles. The molecule has 0 aliphatic carbocycles. The monoisotopic (exact) mass is 493 g/mol. The fourth-order valence-corrected chi connectivity index (χ4v) is 4.23. The molecule has 2 aromatic heterocycles. The SMILES string of the molecule is CCC[C@H](CCNC)CNc1nn2c(-c3cccc(OC(F)(F)F)c3)nnc2c2c1OCCN2C. The van der Waals surface area contributed by atoms with Crippen LogP contribution in [0.1, 0.15) is 26.2 Å². The number of anilines is 2. The number of halogens is 3. The summed E-state index contributed by atoms with van der Waals surface area (Å²) in [6.45, 7) is 4.95. The highest BCUT2D eigenvalue weighted by molar-refractivity contribution is 5.83. The second-order valence-electron chi connectivity index (χ2n) is 8.56. The van der Waals surface area contributed by atoms with E-state index < -0.39 is 6.36 Å². The van der Waals surface area contributed by atoms with Crippen molar-refractivity contribution in [3.05, 3.63) is 24.3 Å². The standard InChI is InChI=1S/C23H30F3N7O2/c1-4-6-15(9-10-27-2)14-28-20-19-18(32(3)11-12-34-19)22-30-29-21(33(22)31-20)16-7-5-8-17(13-16)35-23(24,25)26/h5,7-8,13,15,27H,4,6,9-12,14H2,1-3H3,(H,28,31)/t15-/m1/s1. The molecule has 0 radical (unpaired) electrons. The second-order valence-corrected chi connectivity index (χ2v) is 8.56. The van der Waals surface area contributed by atoms with Crippen LogP contribution in [0.2, 0.25) is 0 Å². The van der Waals surface area contributed by atoms with E-state index >= 15 is 0 Å². The zero-order valence-electron chi connectivity index (χ0n) is 20.0. The summed E-state index contributed by atoms with van der Waals surface area (Å²) in [6, 6.07) is 5.63. The molecule has 3 aromatic rings. The molecular formula is C23H30F3N7O2. The lowest BCUT2D eigenvalue weighted by Crippen LogP contribution is -2.31. The number of fused-ring (bicyclic) bond motifs is 3. The molecule has 0 saturated carbocycles. The molecule has 4 rings (SSSR count). The summed E-state index contributed by atoms with van der Waals surface area (Å²) in [5, 5.41) is 19.9. The van der Waals surface area contributed by atoms with Crippen LogP contribution in [-0.4, -0.2) is 66.5 Å². The first-order valence-corrected chi connectivity index (χ1v) is 11.7. The first-order chi connectivity index (χ1) is 16.8. The van der Waals surface area contributed by atoms with Gasteiger partial charge in [-0.1, -0.05) is 25.5 Å². The Bertz CT molecular complexity index is 1150. The van der Waals surface area contributed by atoms with Crippen molar-refractivity contribution in [1.82, 2.24) is 25.1 Å². The number of hydrogen-bond donors (Lipinski definition) is 2. The molecule has 0 amide bonds. The van der Waals surface area contributed by atoms with Crippen LogP contribution in [0.5, 0.6) is 11.5 Å². The number of ether oxygens (including phenoxy) is 2. The van der Waals surface area contributed by atoms with Crippen LogP contribution in [0.4, 0.5) is 24.7 Å². The van der Waals surface area contributed by atoms with Crippen molar-refractivity contribution in [2.45, 2.75) is 32.5 Å². The van der Waals surface area contributed by atoms with Crippen molar-refractivity contribution >= 4 is 17.2 Å². The highest BCUT2D eigenvalue weighted by atomic mass is 19.4. The third kappa shape index (κ3) is 5.69. The van der Waals surface area contributed by atoms with E-state index in [0.29, 0.717) is 54.2 Å². The van der Waals surface area contributed by atoms with Gasteiger partial charge >= 0.3 is 6.36 Å². The van der Waals surface area contributed by atoms with Crippen molar-refractivity contribution in [3.63, 3.8) is 0 Å². The molecule has 190 valence electrons. The van der Waals surface area contributed by atoms with Crippen molar-refractivity contribution in [3.8, 4) is 22.9 Å². The van der Waals surface area contributed by atoms with Crippen molar-refractivity contribution in [2.75, 3.05) is 50.6 Å². The van der Waals surface area contributed by atoms with Crippen molar-refractivity contribution < 1.29 is 22.6 Å². The Balaban J connectivity index is 1.73. The minimum absolute atomic E-state index is 0.303. The number of aromatic nitrogens is 4. The average Bonchev–Trinajstić information content (AvgIpc) is 3.23. The largest absolute Gasteiger partial charge is 0.573 e. The normalized spacial score (nSPS) is 14.5. The third-order valence-corrected chi connectivity index (χ3v) is 5.92. The maximum atomic E-state index is 12.7. The topological polar surface area (TPSA) is 88.8 Å². The van der Waals surface area contributed by atoms with Gasteiger partial charge in [-0.15, -0.1) is 28.5 Å². The van der Waals surface area contributed by atoms with Gasteiger partial charge in [-0.05, 0) is 44.5 Å². The minimum Gasteiger partial charge on any atom is -0.486 e. The number of benzene rings is 1. The number of nitrogens with one attached hydrogen (secondary N) is 2. The van der Waals surface area contributed by atoms with Crippen molar-refractivity contribution in [1.29, 1.82) is 0 Å². The first-order valence-electron chi connectivity index (χ1n) is 11.7. The third-order valence-electron chi connectivity index (χ3n) is 5.92. The molecule has 0 unspecified atom stereocenters. The summed E-state index contributed by atoms with van der Waals surface area (Å²) in [5.41, 5.74) is 1.59. The summed E-state index contributed by atoms with van der Waals surface area (Å²) in [7, 11) is 3.87. The van der Waals surface area contributed by atoms with E-state index in [0.717, 1.165) is 31.5 Å². The van der Waals surface area contributed by atoms with E-state index in [4.69, 9.17) is 9.84 Å². The van der Waals surface area contributed by atoms with E-state index in [9.17, 15) is 13.2 Å². The number of rotatable bonds is 10. The lowest BCUT2D eigenvalue weighted by molar-refractivity contribution is -0.274. The molecule has 12 heteroatoms. The van der Waals surface area contributed by atoms with Crippen LogP contribution >= 0.6 is 0 Å². The lowest BCUT2D eigenvalue weighted by Gasteiger charge is -2.29. The van der Waals surface area contributed by atoms with Gasteiger partial charge in [-0.2, -0.15) is 4.52 Å². The molecule has 1 atom stereocenters. The van der Waals surface area contributed by atoms with Gasteiger partial charge in [-0.25, -0.2) is 0 Å². The quantitative estimate of drug-likeness (QED) is 0.439. The Kier molecular flexibility index (Phi) is 7.48. The Labute approximate surface area is 201 Å². The molecule has 1 aromatic carbocycles. The van der Waals surface area contributed by atoms with Crippen LogP contribution < -0.4 is 25.0 Å². The smallest absolute Gasteiger partial charge is 0.486 e. The van der Waals surface area contributed by atoms with Gasteiger partial charge < -0.3 is 25.0 Å². The number of hydrogen-bond acceptors (Lipinski definition) is 8. The Hall–Kier alpha value is -3.28. The predicted octanol–water partition coefficient (Wildman–Crippen LogP) is 3.96. The highest BCUT2D eigenvalue weighted by Crippen LogP contribution is 2.40. The predicted molar refractivity (Wildman–Crippen MR) is 127 cm³/mol. The number of nitrogens with zero attached hydrogens (tertiary/aromatic N) is 5. The zero-order valence-corrected chi connectivity index (χ0v) is 20.0. The van der Waals surface area contributed by atoms with Gasteiger partial charge in [-0.3, -0.25) is 0 Å². The number of likely N-dealkylation sites (N-methyl/N-ethyl adjacent to an activating group) is 1. The summed E-state index contributed by atoms with van der Waals surface area (Å²) in [6.07, 6.45) is -1.62. The van der Waals surface area contributed by atoms with Gasteiger partial charge in [0, 0.05) is 19.2 Å². The van der Waals surface area contributed by atoms with E-state index in [1.54, 1.807) is 10.6 Å². The molecule has 9 nitrogen and oxygen atoms in total. The van der Waals surface area contributed by atoms with Crippen LogP contribution in [-0.2, 0) is 0 Å². The number of alkyl halides is 3. The summed E-state index contributed by atoms with van der Waals surface area (Å²) >= 11 is 0. The fourth-order valence-electron chi connectivity index (χ4n) is 4.23. The summed E-state index contributed by atoms with van der Waals surface area (Å²) < 4.78 is 49.8. The molecule has 35 heavy (non-hydrogen) atoms. The van der Waals surface area contributed by atoms with E-state index in [2.05, 4.69) is 32.5 Å². The van der Waals surface area contributed by atoms with Crippen LogP contribution in [0, 0.1) is 5.92 Å². The Morgan fingerprint density at radius 1 is 1.23 bits per heavy atom. The molecule has 0 spiro atoms. The van der Waals surface area contributed by atoms with E-state index in [-0.39, 0.29) is 5.75 Å². The summed E-state index contributed by atoms with van der Waals surface area (Å²) in [4.78, 5) is 2.02. The van der Waals surface area contributed by atoms with Gasteiger partial charge in [0.1, 0.15) is 18.0 Å². The van der Waals surface area contributed by atoms with Crippen LogP contribution in [0.15, 0.2) is 24.3 Å². The molecule has 0 fully saturated rings. The Morgan fingerprint density at radius 2 is 2.06 bits per heavy atom. The fraction of sp³-hybridized carbons (Fsp3) is 0.522. The average molecular weight is 494 g/mol. The van der Waals surface area contributed by atoms with Gasteiger partial charge in [0.05, 0.1) is 6.54 Å². The zero-order chi connectivity index (χ0) is 25.0. The first kappa shape index (κ1) is 24.8. The molecule has 2 N–H and O–H groups in total. The highest BCUT2D eigenvalue weighted by Gasteiger charge is 2.32. The molecule has 0 bridgehead atoms. The molecule has 3 heterocycles. The maximum absolute atomic E-state index is 12.7. The van der Waals surface area contributed by atoms with Crippen molar-refractivity contribution in [2.24, 2.45) is 5.92 Å². The van der Waals surface area contributed by atoms with Gasteiger partial charge in [0.25, 0.3) is 0 Å². The lowest BCUT2D eigenvalue weighted by atomic mass is 10.00. The van der Waals surface area contributed by atoms with Gasteiger partial charge in [0.2, 0.25) is 5.65 Å².